The Hall–Kier alpha value is -2.58. The third-order valence-corrected chi connectivity index (χ3v) is 5.70. The number of methoxy groups -OCH3 is 2. The number of nitrogens with zero attached hydrogens (tertiary/aromatic N) is 1. The first-order valence-electron chi connectivity index (χ1n) is 7.29. The van der Waals surface area contributed by atoms with Crippen LogP contribution in [0.1, 0.15) is 0 Å². The molecule has 0 unspecified atom stereocenters. The summed E-state index contributed by atoms with van der Waals surface area (Å²) in [6, 6.07) is 14.1. The highest BCUT2D eigenvalue weighted by atomic mass is 32.2. The van der Waals surface area contributed by atoms with Gasteiger partial charge in [0.25, 0.3) is 10.0 Å². The van der Waals surface area contributed by atoms with Gasteiger partial charge in [-0.05, 0) is 12.1 Å². The standard InChI is InChI=1S/C17H16N2O4S2/c1-22-13-8-9-15(23-2)16(10-13)25(20,21)19-17-18-14(11-24-17)12-6-4-3-5-7-12/h3-11H,1-2H3,(H,18,19). The van der Waals surface area contributed by atoms with E-state index in [-0.39, 0.29) is 15.8 Å². The Balaban J connectivity index is 1.91. The largest absolute Gasteiger partial charge is 0.497 e. The maximum absolute atomic E-state index is 12.7. The summed E-state index contributed by atoms with van der Waals surface area (Å²) >= 11 is 1.22. The summed E-state index contributed by atoms with van der Waals surface area (Å²) in [6.45, 7) is 0. The molecule has 1 aromatic heterocycles. The fourth-order valence-corrected chi connectivity index (χ4v) is 4.38. The highest BCUT2D eigenvalue weighted by Gasteiger charge is 2.22. The maximum Gasteiger partial charge on any atom is 0.267 e. The van der Waals surface area contributed by atoms with Gasteiger partial charge in [0.05, 0.1) is 19.9 Å². The molecular weight excluding hydrogens is 360 g/mol. The zero-order valence-electron chi connectivity index (χ0n) is 13.6. The highest BCUT2D eigenvalue weighted by molar-refractivity contribution is 7.93. The molecule has 1 N–H and O–H groups in total. The van der Waals surface area contributed by atoms with E-state index in [1.54, 1.807) is 17.5 Å². The molecule has 25 heavy (non-hydrogen) atoms. The number of nitrogens with one attached hydrogen (secondary N) is 1. The molecule has 0 radical (unpaired) electrons. The van der Waals surface area contributed by atoms with E-state index in [0.29, 0.717) is 11.4 Å². The minimum atomic E-state index is -3.86. The van der Waals surface area contributed by atoms with Crippen molar-refractivity contribution in [3.63, 3.8) is 0 Å². The van der Waals surface area contributed by atoms with Crippen molar-refractivity contribution in [2.45, 2.75) is 4.90 Å². The van der Waals surface area contributed by atoms with Crippen LogP contribution in [-0.4, -0.2) is 27.6 Å². The highest BCUT2D eigenvalue weighted by Crippen LogP contribution is 2.31. The van der Waals surface area contributed by atoms with Crippen molar-refractivity contribution in [1.29, 1.82) is 0 Å². The van der Waals surface area contributed by atoms with Crippen LogP contribution in [-0.2, 0) is 10.0 Å². The number of anilines is 1. The first-order chi connectivity index (χ1) is 12.0. The second-order valence-electron chi connectivity index (χ2n) is 5.03. The fourth-order valence-electron chi connectivity index (χ4n) is 2.23. The second kappa shape index (κ2) is 7.12. The van der Waals surface area contributed by atoms with E-state index in [1.807, 2.05) is 30.3 Å². The molecule has 0 atom stereocenters. The summed E-state index contributed by atoms with van der Waals surface area (Å²) in [5.74, 6) is 0.651. The Morgan fingerprint density at radius 1 is 1.04 bits per heavy atom. The van der Waals surface area contributed by atoms with E-state index in [4.69, 9.17) is 9.47 Å². The average Bonchev–Trinajstić information content (AvgIpc) is 3.09. The molecule has 8 heteroatoms. The quantitative estimate of drug-likeness (QED) is 0.711. The van der Waals surface area contributed by atoms with Crippen molar-refractivity contribution >= 4 is 26.5 Å². The Morgan fingerprint density at radius 2 is 1.80 bits per heavy atom. The van der Waals surface area contributed by atoms with Crippen molar-refractivity contribution < 1.29 is 17.9 Å². The van der Waals surface area contributed by atoms with Gasteiger partial charge in [-0.3, -0.25) is 4.72 Å². The van der Waals surface area contributed by atoms with Gasteiger partial charge in [0.1, 0.15) is 16.4 Å². The van der Waals surface area contributed by atoms with E-state index in [9.17, 15) is 8.42 Å². The zero-order chi connectivity index (χ0) is 17.9. The Kier molecular flexibility index (Phi) is 4.91. The lowest BCUT2D eigenvalue weighted by Crippen LogP contribution is -2.14. The number of ether oxygens (including phenoxy) is 2. The van der Waals surface area contributed by atoms with Crippen LogP contribution in [0.4, 0.5) is 5.13 Å². The normalized spacial score (nSPS) is 11.1. The van der Waals surface area contributed by atoms with Crippen molar-refractivity contribution in [2.24, 2.45) is 0 Å². The number of sulfonamides is 1. The Bertz CT molecular complexity index is 969. The van der Waals surface area contributed by atoms with E-state index in [2.05, 4.69) is 9.71 Å². The molecule has 3 aromatic rings. The minimum Gasteiger partial charge on any atom is -0.497 e. The van der Waals surface area contributed by atoms with Gasteiger partial charge in [0, 0.05) is 17.0 Å². The van der Waals surface area contributed by atoms with E-state index in [1.165, 1.54) is 31.6 Å². The van der Waals surface area contributed by atoms with Crippen LogP contribution < -0.4 is 14.2 Å². The maximum atomic E-state index is 12.7. The monoisotopic (exact) mass is 376 g/mol. The molecule has 0 fully saturated rings. The molecule has 0 saturated carbocycles. The molecule has 0 spiro atoms. The fraction of sp³-hybridized carbons (Fsp3) is 0.118. The van der Waals surface area contributed by atoms with Crippen LogP contribution >= 0.6 is 11.3 Å². The van der Waals surface area contributed by atoms with Crippen LogP contribution in [0.3, 0.4) is 0 Å². The average molecular weight is 376 g/mol. The first-order valence-corrected chi connectivity index (χ1v) is 9.65. The molecular formula is C17H16N2O4S2. The van der Waals surface area contributed by atoms with Gasteiger partial charge in [0.15, 0.2) is 5.13 Å². The summed E-state index contributed by atoms with van der Waals surface area (Å²) < 4.78 is 38.2. The Labute approximate surface area is 150 Å². The minimum absolute atomic E-state index is 0.00851. The van der Waals surface area contributed by atoms with E-state index < -0.39 is 10.0 Å². The molecule has 0 aliphatic rings. The molecule has 130 valence electrons. The number of hydrogen-bond donors (Lipinski definition) is 1. The number of thiazole rings is 1. The molecule has 0 amide bonds. The summed E-state index contributed by atoms with van der Waals surface area (Å²) in [4.78, 5) is 4.34. The summed E-state index contributed by atoms with van der Waals surface area (Å²) in [5, 5.41) is 2.08. The van der Waals surface area contributed by atoms with E-state index >= 15 is 0 Å². The summed E-state index contributed by atoms with van der Waals surface area (Å²) in [6.07, 6.45) is 0. The van der Waals surface area contributed by atoms with E-state index in [0.717, 1.165) is 5.56 Å². The van der Waals surface area contributed by atoms with Gasteiger partial charge < -0.3 is 9.47 Å². The van der Waals surface area contributed by atoms with Crippen LogP contribution in [0.5, 0.6) is 11.5 Å². The molecule has 0 aliphatic carbocycles. The predicted molar refractivity (Wildman–Crippen MR) is 97.9 cm³/mol. The van der Waals surface area contributed by atoms with Gasteiger partial charge in [0.2, 0.25) is 0 Å². The van der Waals surface area contributed by atoms with Crippen molar-refractivity contribution in [2.75, 3.05) is 18.9 Å². The zero-order valence-corrected chi connectivity index (χ0v) is 15.2. The predicted octanol–water partition coefficient (Wildman–Crippen LogP) is 3.63. The second-order valence-corrected chi connectivity index (χ2v) is 7.54. The van der Waals surface area contributed by atoms with Gasteiger partial charge in [-0.2, -0.15) is 0 Å². The number of rotatable bonds is 6. The molecule has 2 aromatic carbocycles. The van der Waals surface area contributed by atoms with Crippen molar-refractivity contribution in [3.8, 4) is 22.8 Å². The number of benzene rings is 2. The molecule has 3 rings (SSSR count). The molecule has 0 saturated heterocycles. The van der Waals surface area contributed by atoms with Gasteiger partial charge in [-0.1, -0.05) is 30.3 Å². The summed E-state index contributed by atoms with van der Waals surface area (Å²) in [7, 11) is -0.979. The van der Waals surface area contributed by atoms with Crippen LogP contribution in [0.15, 0.2) is 58.8 Å². The van der Waals surface area contributed by atoms with Crippen LogP contribution in [0, 0.1) is 0 Å². The Morgan fingerprint density at radius 3 is 2.48 bits per heavy atom. The number of hydrogen-bond acceptors (Lipinski definition) is 6. The summed E-state index contributed by atoms with van der Waals surface area (Å²) in [5.41, 5.74) is 1.63. The van der Waals surface area contributed by atoms with Gasteiger partial charge in [-0.25, -0.2) is 13.4 Å². The SMILES string of the molecule is COc1ccc(OC)c(S(=O)(=O)Nc2nc(-c3ccccc3)cs2)c1. The third-order valence-electron chi connectivity index (χ3n) is 3.46. The smallest absolute Gasteiger partial charge is 0.267 e. The molecule has 6 nitrogen and oxygen atoms in total. The molecule has 1 heterocycles. The molecule has 0 bridgehead atoms. The van der Waals surface area contributed by atoms with Crippen molar-refractivity contribution in [3.05, 3.63) is 53.9 Å². The lowest BCUT2D eigenvalue weighted by molar-refractivity contribution is 0.392. The van der Waals surface area contributed by atoms with Crippen LogP contribution in [0.25, 0.3) is 11.3 Å². The van der Waals surface area contributed by atoms with Crippen molar-refractivity contribution in [1.82, 2.24) is 4.98 Å². The van der Waals surface area contributed by atoms with Gasteiger partial charge >= 0.3 is 0 Å². The first kappa shape index (κ1) is 17.2. The lowest BCUT2D eigenvalue weighted by atomic mass is 10.2. The molecule has 0 aliphatic heterocycles. The van der Waals surface area contributed by atoms with Crippen LogP contribution in [0.2, 0.25) is 0 Å². The topological polar surface area (TPSA) is 77.5 Å². The third kappa shape index (κ3) is 3.75. The van der Waals surface area contributed by atoms with Gasteiger partial charge in [-0.15, -0.1) is 11.3 Å². The number of aromatic nitrogens is 1. The lowest BCUT2D eigenvalue weighted by Gasteiger charge is -2.11.